The Labute approximate surface area is 201 Å². The van der Waals surface area contributed by atoms with Crippen LogP contribution in [0, 0.1) is 0 Å². The Hall–Kier alpha value is -3.19. The minimum absolute atomic E-state index is 0.0146. The van der Waals surface area contributed by atoms with E-state index in [0.29, 0.717) is 17.9 Å². The number of benzene rings is 3. The van der Waals surface area contributed by atoms with Gasteiger partial charge in [0.1, 0.15) is 18.1 Å². The topological polar surface area (TPSA) is 47.6 Å². The Morgan fingerprint density at radius 3 is 2.41 bits per heavy atom. The number of alkyl halides is 3. The van der Waals surface area contributed by atoms with Crippen LogP contribution in [0.2, 0.25) is 5.02 Å². The molecule has 3 rings (SSSR count). The van der Waals surface area contributed by atoms with Gasteiger partial charge < -0.3 is 14.8 Å². The highest BCUT2D eigenvalue weighted by Gasteiger charge is 2.33. The Morgan fingerprint density at radius 2 is 1.74 bits per heavy atom. The summed E-state index contributed by atoms with van der Waals surface area (Å²) < 4.78 is 51.1. The summed E-state index contributed by atoms with van der Waals surface area (Å²) in [6, 6.07) is 15.7. The van der Waals surface area contributed by atoms with Gasteiger partial charge in [0.2, 0.25) is 0 Å². The van der Waals surface area contributed by atoms with Crippen LogP contribution in [-0.4, -0.2) is 12.5 Å². The maximum absolute atomic E-state index is 13.1. The molecule has 0 radical (unpaired) electrons. The predicted octanol–water partition coefficient (Wildman–Crippen LogP) is 7.71. The van der Waals surface area contributed by atoms with Gasteiger partial charge in [-0.2, -0.15) is 13.2 Å². The molecule has 0 aliphatic carbocycles. The number of amides is 1. The summed E-state index contributed by atoms with van der Waals surface area (Å²) in [7, 11) is 0. The number of anilines is 1. The van der Waals surface area contributed by atoms with E-state index in [2.05, 4.69) is 19.2 Å². The van der Waals surface area contributed by atoms with Gasteiger partial charge in [0.15, 0.2) is 0 Å². The van der Waals surface area contributed by atoms with Gasteiger partial charge >= 0.3 is 6.18 Å². The molecular formula is C26H25ClF3NO3. The molecule has 0 saturated carbocycles. The van der Waals surface area contributed by atoms with Crippen LogP contribution >= 0.6 is 11.6 Å². The molecule has 0 unspecified atom stereocenters. The zero-order valence-corrected chi connectivity index (χ0v) is 19.8. The fourth-order valence-corrected chi connectivity index (χ4v) is 3.62. The molecule has 0 heterocycles. The third-order valence-electron chi connectivity index (χ3n) is 5.08. The Balaban J connectivity index is 1.84. The Morgan fingerprint density at radius 1 is 1.00 bits per heavy atom. The lowest BCUT2D eigenvalue weighted by Gasteiger charge is -2.16. The summed E-state index contributed by atoms with van der Waals surface area (Å²) in [4.78, 5) is 12.8. The van der Waals surface area contributed by atoms with Crippen LogP contribution < -0.4 is 14.8 Å². The molecule has 0 bridgehead atoms. The van der Waals surface area contributed by atoms with Gasteiger partial charge in [-0.1, -0.05) is 43.6 Å². The number of hydrogen-bond donors (Lipinski definition) is 1. The minimum Gasteiger partial charge on any atom is -0.493 e. The number of halogens is 4. The van der Waals surface area contributed by atoms with Crippen LogP contribution in [0.4, 0.5) is 18.9 Å². The standard InChI is InChI=1S/C26H25ClF3NO3/c1-4-33-23-12-9-17(13-18(23)15-34-24-8-6-5-7-20(24)16(2)3)25(32)31-19-10-11-22(27)21(14-19)26(28,29)30/h5-14,16H,4,15H2,1-3H3,(H,31,32). The van der Waals surface area contributed by atoms with Crippen LogP contribution in [-0.2, 0) is 12.8 Å². The van der Waals surface area contributed by atoms with Crippen LogP contribution in [0.5, 0.6) is 11.5 Å². The average Bonchev–Trinajstić information content (AvgIpc) is 2.79. The first-order chi connectivity index (χ1) is 16.1. The lowest BCUT2D eigenvalue weighted by Crippen LogP contribution is -2.14. The molecule has 3 aromatic carbocycles. The Bertz CT molecular complexity index is 1160. The number of para-hydroxylation sites is 1. The monoisotopic (exact) mass is 491 g/mol. The van der Waals surface area contributed by atoms with Crippen LogP contribution in [0.3, 0.4) is 0 Å². The van der Waals surface area contributed by atoms with E-state index in [1.165, 1.54) is 6.07 Å². The fourth-order valence-electron chi connectivity index (χ4n) is 3.40. The number of hydrogen-bond acceptors (Lipinski definition) is 3. The minimum atomic E-state index is -4.63. The summed E-state index contributed by atoms with van der Waals surface area (Å²) in [5.41, 5.74) is 0.913. The van der Waals surface area contributed by atoms with Crippen molar-refractivity contribution in [3.05, 3.63) is 87.9 Å². The molecule has 0 atom stereocenters. The number of rotatable bonds is 8. The second-order valence-electron chi connectivity index (χ2n) is 7.88. The molecule has 0 spiro atoms. The van der Waals surface area contributed by atoms with Crippen molar-refractivity contribution < 1.29 is 27.4 Å². The quantitative estimate of drug-likeness (QED) is 0.351. The van der Waals surface area contributed by atoms with Gasteiger partial charge in [0, 0.05) is 16.8 Å². The first-order valence-corrected chi connectivity index (χ1v) is 11.1. The highest BCUT2D eigenvalue weighted by molar-refractivity contribution is 6.31. The van der Waals surface area contributed by atoms with Crippen molar-refractivity contribution in [3.63, 3.8) is 0 Å². The van der Waals surface area contributed by atoms with Gasteiger partial charge in [0.25, 0.3) is 5.91 Å². The number of nitrogens with one attached hydrogen (secondary N) is 1. The van der Waals surface area contributed by atoms with Crippen molar-refractivity contribution >= 4 is 23.2 Å². The SMILES string of the molecule is CCOc1ccc(C(=O)Nc2ccc(Cl)c(C(F)(F)F)c2)cc1COc1ccccc1C(C)C. The molecule has 0 aliphatic heterocycles. The van der Waals surface area contributed by atoms with Gasteiger partial charge in [-0.15, -0.1) is 0 Å². The summed E-state index contributed by atoms with van der Waals surface area (Å²) in [6.07, 6.45) is -4.63. The van der Waals surface area contributed by atoms with Crippen molar-refractivity contribution in [2.75, 3.05) is 11.9 Å². The molecule has 1 N–H and O–H groups in total. The number of carbonyl (C=O) groups excluding carboxylic acids is 1. The normalized spacial score (nSPS) is 11.4. The first kappa shape index (κ1) is 25.4. The van der Waals surface area contributed by atoms with Crippen LogP contribution in [0.1, 0.15) is 53.7 Å². The van der Waals surface area contributed by atoms with E-state index in [9.17, 15) is 18.0 Å². The highest BCUT2D eigenvalue weighted by Crippen LogP contribution is 2.36. The van der Waals surface area contributed by atoms with Crippen molar-refractivity contribution in [2.45, 2.75) is 39.5 Å². The van der Waals surface area contributed by atoms with E-state index in [1.54, 1.807) is 18.2 Å². The fraction of sp³-hybridized carbons (Fsp3) is 0.269. The van der Waals surface area contributed by atoms with Gasteiger partial charge in [-0.25, -0.2) is 0 Å². The third kappa shape index (κ3) is 6.23. The highest BCUT2D eigenvalue weighted by atomic mass is 35.5. The van der Waals surface area contributed by atoms with Crippen molar-refractivity contribution in [1.29, 1.82) is 0 Å². The van der Waals surface area contributed by atoms with Crippen LogP contribution in [0.25, 0.3) is 0 Å². The summed E-state index contributed by atoms with van der Waals surface area (Å²) in [6.45, 7) is 6.56. The molecule has 180 valence electrons. The van der Waals surface area contributed by atoms with Crippen molar-refractivity contribution in [2.24, 2.45) is 0 Å². The zero-order chi connectivity index (χ0) is 24.9. The molecule has 0 fully saturated rings. The second-order valence-corrected chi connectivity index (χ2v) is 8.29. The molecule has 1 amide bonds. The van der Waals surface area contributed by atoms with Gasteiger partial charge in [0.05, 0.1) is 17.2 Å². The van der Waals surface area contributed by atoms with E-state index in [1.807, 2.05) is 31.2 Å². The maximum atomic E-state index is 13.1. The van der Waals surface area contributed by atoms with E-state index < -0.39 is 22.7 Å². The molecule has 0 aromatic heterocycles. The molecule has 0 aliphatic rings. The van der Waals surface area contributed by atoms with E-state index >= 15 is 0 Å². The van der Waals surface area contributed by atoms with E-state index in [4.69, 9.17) is 21.1 Å². The molecule has 8 heteroatoms. The van der Waals surface area contributed by atoms with Crippen molar-refractivity contribution in [3.8, 4) is 11.5 Å². The largest absolute Gasteiger partial charge is 0.493 e. The molecule has 3 aromatic rings. The number of carbonyl (C=O) groups is 1. The Kier molecular flexibility index (Phi) is 8.10. The summed E-state index contributed by atoms with van der Waals surface area (Å²) in [5, 5.41) is 2.06. The lowest BCUT2D eigenvalue weighted by molar-refractivity contribution is -0.137. The number of ether oxygens (including phenoxy) is 2. The molecule has 34 heavy (non-hydrogen) atoms. The second kappa shape index (κ2) is 10.8. The summed E-state index contributed by atoms with van der Waals surface area (Å²) >= 11 is 5.66. The van der Waals surface area contributed by atoms with Crippen LogP contribution in [0.15, 0.2) is 60.7 Å². The van der Waals surface area contributed by atoms with E-state index in [0.717, 1.165) is 23.4 Å². The first-order valence-electron chi connectivity index (χ1n) is 10.8. The van der Waals surface area contributed by atoms with Crippen molar-refractivity contribution in [1.82, 2.24) is 0 Å². The van der Waals surface area contributed by atoms with Gasteiger partial charge in [-0.3, -0.25) is 4.79 Å². The lowest BCUT2D eigenvalue weighted by atomic mass is 10.0. The average molecular weight is 492 g/mol. The van der Waals surface area contributed by atoms with Gasteiger partial charge in [-0.05, 0) is 60.9 Å². The predicted molar refractivity (Wildman–Crippen MR) is 127 cm³/mol. The molecule has 4 nitrogen and oxygen atoms in total. The smallest absolute Gasteiger partial charge is 0.417 e. The zero-order valence-electron chi connectivity index (χ0n) is 19.0. The third-order valence-corrected chi connectivity index (χ3v) is 5.41. The summed E-state index contributed by atoms with van der Waals surface area (Å²) in [5.74, 6) is 0.991. The molecule has 0 saturated heterocycles. The maximum Gasteiger partial charge on any atom is 0.417 e. The molecular weight excluding hydrogens is 467 g/mol. The van der Waals surface area contributed by atoms with E-state index in [-0.39, 0.29) is 23.8 Å².